The number of aromatic nitrogens is 1. The molecule has 0 aliphatic heterocycles. The van der Waals surface area contributed by atoms with Crippen molar-refractivity contribution in [2.45, 2.75) is 33.1 Å². The van der Waals surface area contributed by atoms with Gasteiger partial charge in [0, 0.05) is 5.38 Å². The second kappa shape index (κ2) is 10.2. The predicted molar refractivity (Wildman–Crippen MR) is 101 cm³/mol. The standard InChI is InChI=1S/C19H21F3N2O4S/c1-3-27-18(26)9-24(12-19(20,21)22)17(25)8-14-11-29-16(23-14)10-28-15-6-4-13(2)5-7-15/h4-7,11H,3,8-10,12H2,1-2H3. The van der Waals surface area contributed by atoms with Crippen molar-refractivity contribution < 1.29 is 32.2 Å². The molecule has 0 aliphatic rings. The summed E-state index contributed by atoms with van der Waals surface area (Å²) in [6.45, 7) is 1.39. The molecule has 0 saturated heterocycles. The number of amides is 1. The highest BCUT2D eigenvalue weighted by molar-refractivity contribution is 7.09. The SMILES string of the molecule is CCOC(=O)CN(CC(F)(F)F)C(=O)Cc1csc(COc2ccc(C)cc2)n1. The normalized spacial score (nSPS) is 11.2. The number of hydrogen-bond donors (Lipinski definition) is 0. The van der Waals surface area contributed by atoms with Gasteiger partial charge in [-0.1, -0.05) is 17.7 Å². The van der Waals surface area contributed by atoms with Crippen LogP contribution < -0.4 is 4.74 Å². The van der Waals surface area contributed by atoms with Gasteiger partial charge in [-0.15, -0.1) is 11.3 Å². The Bertz CT molecular complexity index is 822. The number of carbonyl (C=O) groups excluding carboxylic acids is 2. The summed E-state index contributed by atoms with van der Waals surface area (Å²) in [5, 5.41) is 2.17. The minimum Gasteiger partial charge on any atom is -0.486 e. The van der Waals surface area contributed by atoms with Crippen LogP contribution in [0.4, 0.5) is 13.2 Å². The van der Waals surface area contributed by atoms with E-state index in [1.54, 1.807) is 5.38 Å². The van der Waals surface area contributed by atoms with Crippen molar-refractivity contribution in [3.05, 3.63) is 45.9 Å². The molecular formula is C19H21F3N2O4S. The monoisotopic (exact) mass is 430 g/mol. The largest absolute Gasteiger partial charge is 0.486 e. The highest BCUT2D eigenvalue weighted by atomic mass is 32.1. The third-order valence-electron chi connectivity index (χ3n) is 3.66. The number of nitrogens with zero attached hydrogens (tertiary/aromatic N) is 2. The molecule has 0 fully saturated rings. The lowest BCUT2D eigenvalue weighted by Gasteiger charge is -2.22. The summed E-state index contributed by atoms with van der Waals surface area (Å²) >= 11 is 1.24. The van der Waals surface area contributed by atoms with Crippen LogP contribution in [0, 0.1) is 6.92 Å². The number of ether oxygens (including phenoxy) is 2. The number of rotatable bonds is 9. The van der Waals surface area contributed by atoms with Gasteiger partial charge in [0.1, 0.15) is 30.5 Å². The van der Waals surface area contributed by atoms with Crippen LogP contribution in [-0.4, -0.2) is 47.6 Å². The van der Waals surface area contributed by atoms with Gasteiger partial charge < -0.3 is 14.4 Å². The number of halogens is 3. The summed E-state index contributed by atoms with van der Waals surface area (Å²) in [5.41, 5.74) is 1.41. The Labute approximate surface area is 170 Å². The molecule has 0 atom stereocenters. The van der Waals surface area contributed by atoms with E-state index in [1.165, 1.54) is 18.3 Å². The van der Waals surface area contributed by atoms with E-state index < -0.39 is 31.1 Å². The summed E-state index contributed by atoms with van der Waals surface area (Å²) in [5.74, 6) is -1.09. The molecule has 158 valence electrons. The van der Waals surface area contributed by atoms with E-state index in [2.05, 4.69) is 9.72 Å². The first-order valence-electron chi connectivity index (χ1n) is 8.79. The molecule has 0 aliphatic carbocycles. The smallest absolute Gasteiger partial charge is 0.406 e. The van der Waals surface area contributed by atoms with Gasteiger partial charge in [0.05, 0.1) is 18.7 Å². The fraction of sp³-hybridized carbons (Fsp3) is 0.421. The van der Waals surface area contributed by atoms with Crippen molar-refractivity contribution in [2.24, 2.45) is 0 Å². The number of esters is 1. The van der Waals surface area contributed by atoms with Gasteiger partial charge >= 0.3 is 12.1 Å². The van der Waals surface area contributed by atoms with E-state index in [9.17, 15) is 22.8 Å². The van der Waals surface area contributed by atoms with Gasteiger partial charge in [0.15, 0.2) is 0 Å². The molecule has 29 heavy (non-hydrogen) atoms. The van der Waals surface area contributed by atoms with Crippen LogP contribution in [0.3, 0.4) is 0 Å². The van der Waals surface area contributed by atoms with Crippen LogP contribution in [0.1, 0.15) is 23.2 Å². The molecule has 1 aromatic carbocycles. The second-order valence-electron chi connectivity index (χ2n) is 6.18. The first kappa shape index (κ1) is 22.7. The molecule has 6 nitrogen and oxygen atoms in total. The maximum absolute atomic E-state index is 12.8. The first-order valence-corrected chi connectivity index (χ1v) is 9.67. The van der Waals surface area contributed by atoms with Crippen LogP contribution >= 0.6 is 11.3 Å². The quantitative estimate of drug-likeness (QED) is 0.570. The van der Waals surface area contributed by atoms with Crippen LogP contribution in [0.15, 0.2) is 29.6 Å². The number of carbonyl (C=O) groups is 2. The van der Waals surface area contributed by atoms with E-state index in [0.29, 0.717) is 21.4 Å². The zero-order chi connectivity index (χ0) is 21.4. The molecule has 0 saturated carbocycles. The average Bonchev–Trinajstić information content (AvgIpc) is 3.07. The highest BCUT2D eigenvalue weighted by Gasteiger charge is 2.34. The van der Waals surface area contributed by atoms with Gasteiger partial charge in [-0.25, -0.2) is 4.98 Å². The summed E-state index contributed by atoms with van der Waals surface area (Å²) in [7, 11) is 0. The van der Waals surface area contributed by atoms with E-state index in [1.807, 2.05) is 31.2 Å². The van der Waals surface area contributed by atoms with Crippen molar-refractivity contribution in [2.75, 3.05) is 19.7 Å². The minimum absolute atomic E-state index is 0.0172. The van der Waals surface area contributed by atoms with Crippen molar-refractivity contribution in [1.82, 2.24) is 9.88 Å². The second-order valence-corrected chi connectivity index (χ2v) is 7.12. The summed E-state index contributed by atoms with van der Waals surface area (Å²) in [6.07, 6.45) is -4.98. The predicted octanol–water partition coefficient (Wildman–Crippen LogP) is 3.53. The molecular weight excluding hydrogens is 409 g/mol. The molecule has 1 aromatic heterocycles. The summed E-state index contributed by atoms with van der Waals surface area (Å²) < 4.78 is 48.5. The third-order valence-corrected chi connectivity index (χ3v) is 4.53. The van der Waals surface area contributed by atoms with Crippen molar-refractivity contribution in [1.29, 1.82) is 0 Å². The Hall–Kier alpha value is -2.62. The lowest BCUT2D eigenvalue weighted by Crippen LogP contribution is -2.43. The van der Waals surface area contributed by atoms with Crippen LogP contribution in [-0.2, 0) is 27.4 Å². The van der Waals surface area contributed by atoms with Gasteiger partial charge in [0.25, 0.3) is 0 Å². The summed E-state index contributed by atoms with van der Waals surface area (Å²) in [4.78, 5) is 28.5. The number of aryl methyl sites for hydroxylation is 1. The Morgan fingerprint density at radius 3 is 2.52 bits per heavy atom. The lowest BCUT2D eigenvalue weighted by atomic mass is 10.2. The topological polar surface area (TPSA) is 68.7 Å². The van der Waals surface area contributed by atoms with Crippen LogP contribution in [0.25, 0.3) is 0 Å². The van der Waals surface area contributed by atoms with Gasteiger partial charge in [-0.05, 0) is 26.0 Å². The fourth-order valence-corrected chi connectivity index (χ4v) is 3.06. The molecule has 1 amide bonds. The summed E-state index contributed by atoms with van der Waals surface area (Å²) in [6, 6.07) is 7.44. The Morgan fingerprint density at radius 1 is 1.21 bits per heavy atom. The molecule has 0 unspecified atom stereocenters. The molecule has 2 aromatic rings. The van der Waals surface area contributed by atoms with Gasteiger partial charge in [-0.2, -0.15) is 13.2 Å². The molecule has 0 radical (unpaired) electrons. The Balaban J connectivity index is 1.96. The molecule has 0 bridgehead atoms. The Morgan fingerprint density at radius 2 is 1.90 bits per heavy atom. The number of benzene rings is 1. The zero-order valence-corrected chi connectivity index (χ0v) is 16.8. The number of thiazole rings is 1. The van der Waals surface area contributed by atoms with E-state index >= 15 is 0 Å². The first-order chi connectivity index (χ1) is 13.7. The highest BCUT2D eigenvalue weighted by Crippen LogP contribution is 2.19. The fourth-order valence-electron chi connectivity index (χ4n) is 2.35. The molecule has 0 N–H and O–H groups in total. The molecule has 2 rings (SSSR count). The van der Waals surface area contributed by atoms with Crippen molar-refractivity contribution in [3.63, 3.8) is 0 Å². The maximum atomic E-state index is 12.8. The zero-order valence-electron chi connectivity index (χ0n) is 16.0. The number of alkyl halides is 3. The van der Waals surface area contributed by atoms with Crippen LogP contribution in [0.5, 0.6) is 5.75 Å². The lowest BCUT2D eigenvalue weighted by molar-refractivity contribution is -0.167. The average molecular weight is 430 g/mol. The molecule has 0 spiro atoms. The van der Waals surface area contributed by atoms with Crippen molar-refractivity contribution in [3.8, 4) is 5.75 Å². The Kier molecular flexibility index (Phi) is 8.00. The number of hydrogen-bond acceptors (Lipinski definition) is 6. The van der Waals surface area contributed by atoms with E-state index in [-0.39, 0.29) is 19.6 Å². The minimum atomic E-state index is -4.63. The van der Waals surface area contributed by atoms with Crippen molar-refractivity contribution >= 4 is 23.2 Å². The molecule has 1 heterocycles. The van der Waals surface area contributed by atoms with E-state index in [0.717, 1.165) is 5.56 Å². The van der Waals surface area contributed by atoms with Gasteiger partial charge in [0.2, 0.25) is 5.91 Å². The van der Waals surface area contributed by atoms with Gasteiger partial charge in [-0.3, -0.25) is 9.59 Å². The van der Waals surface area contributed by atoms with Crippen LogP contribution in [0.2, 0.25) is 0 Å². The third kappa shape index (κ3) is 8.10. The van der Waals surface area contributed by atoms with E-state index in [4.69, 9.17) is 4.74 Å². The molecule has 10 heteroatoms. The maximum Gasteiger partial charge on any atom is 0.406 e.